The largest absolute Gasteiger partial charge is 0.360 e. The molecule has 0 radical (unpaired) electrons. The van der Waals surface area contributed by atoms with Crippen LogP contribution in [0.1, 0.15) is 24.2 Å². The summed E-state index contributed by atoms with van der Waals surface area (Å²) in [6.07, 6.45) is 5.31. The van der Waals surface area contributed by atoms with Gasteiger partial charge >= 0.3 is 0 Å². The minimum absolute atomic E-state index is 0.0623. The number of anilines is 1. The molecule has 0 heterocycles. The molecule has 16 heavy (non-hydrogen) atoms. The van der Waals surface area contributed by atoms with Crippen LogP contribution in [-0.4, -0.2) is 18.9 Å². The first-order valence-electron chi connectivity index (χ1n) is 5.09. The lowest BCUT2D eigenvalue weighted by Crippen LogP contribution is -2.23. The van der Waals surface area contributed by atoms with Crippen molar-refractivity contribution in [3.8, 4) is 12.3 Å². The normalized spacial score (nSPS) is 9.62. The molecule has 1 rings (SSSR count). The second-order valence-electron chi connectivity index (χ2n) is 3.44. The molecule has 3 heteroatoms. The molecule has 0 aliphatic carbocycles. The fourth-order valence-corrected chi connectivity index (χ4v) is 2.09. The van der Waals surface area contributed by atoms with Crippen LogP contribution in [0.25, 0.3) is 0 Å². The molecule has 0 fully saturated rings. The third-order valence-corrected chi connectivity index (χ3v) is 2.99. The molecule has 0 aliphatic rings. The predicted molar refractivity (Wildman–Crippen MR) is 70.9 cm³/mol. The van der Waals surface area contributed by atoms with Gasteiger partial charge in [0.15, 0.2) is 5.78 Å². The van der Waals surface area contributed by atoms with Gasteiger partial charge in [-0.25, -0.2) is 0 Å². The van der Waals surface area contributed by atoms with Gasteiger partial charge in [0.05, 0.1) is 12.2 Å². The molecule has 2 nitrogen and oxygen atoms in total. The quantitative estimate of drug-likeness (QED) is 0.624. The molecule has 0 unspecified atom stereocenters. The first-order valence-corrected chi connectivity index (χ1v) is 5.88. The molecular weight excluding hydrogens is 266 g/mol. The maximum atomic E-state index is 11.2. The summed E-state index contributed by atoms with van der Waals surface area (Å²) in [6.45, 7) is 5.00. The molecule has 0 amide bonds. The Morgan fingerprint density at radius 3 is 2.69 bits per heavy atom. The minimum Gasteiger partial charge on any atom is -0.360 e. The zero-order valence-corrected chi connectivity index (χ0v) is 11.0. The average Bonchev–Trinajstić information content (AvgIpc) is 2.26. The van der Waals surface area contributed by atoms with Crippen molar-refractivity contribution in [3.05, 3.63) is 28.2 Å². The van der Waals surface area contributed by atoms with Gasteiger partial charge in [0, 0.05) is 16.6 Å². The molecule has 0 saturated carbocycles. The summed E-state index contributed by atoms with van der Waals surface area (Å²) in [5.41, 5.74) is 1.72. The number of rotatable bonds is 4. The number of terminal acetylenes is 1. The van der Waals surface area contributed by atoms with Crippen molar-refractivity contribution in [1.29, 1.82) is 0 Å². The topological polar surface area (TPSA) is 20.3 Å². The van der Waals surface area contributed by atoms with Crippen LogP contribution in [0, 0.1) is 12.3 Å². The van der Waals surface area contributed by atoms with Crippen LogP contribution in [0.2, 0.25) is 0 Å². The molecule has 1 aromatic carbocycles. The summed E-state index contributed by atoms with van der Waals surface area (Å²) >= 11 is 3.46. The Morgan fingerprint density at radius 2 is 2.25 bits per heavy atom. The van der Waals surface area contributed by atoms with Crippen LogP contribution in [0.4, 0.5) is 5.69 Å². The van der Waals surface area contributed by atoms with Crippen LogP contribution in [0.15, 0.2) is 22.7 Å². The maximum Gasteiger partial charge on any atom is 0.159 e. The third kappa shape index (κ3) is 2.86. The molecule has 0 aromatic heterocycles. The van der Waals surface area contributed by atoms with Crippen molar-refractivity contribution in [2.75, 3.05) is 18.0 Å². The second kappa shape index (κ2) is 5.72. The SMILES string of the molecule is C#CCN(CC)c1ccc(C(C)=O)cc1Br. The monoisotopic (exact) mass is 279 g/mol. The molecular formula is C13H14BrNO. The Morgan fingerprint density at radius 1 is 1.56 bits per heavy atom. The molecule has 0 bridgehead atoms. The number of hydrogen-bond acceptors (Lipinski definition) is 2. The Balaban J connectivity index is 3.07. The summed E-state index contributed by atoms with van der Waals surface area (Å²) in [5, 5.41) is 0. The Labute approximate surface area is 105 Å². The Bertz CT molecular complexity index is 434. The van der Waals surface area contributed by atoms with Gasteiger partial charge in [-0.05, 0) is 48.0 Å². The number of ketones is 1. The molecule has 1 aromatic rings. The summed E-state index contributed by atoms with van der Waals surface area (Å²) in [7, 11) is 0. The number of halogens is 1. The standard InChI is InChI=1S/C13H14BrNO/c1-4-8-15(5-2)13-7-6-11(10(3)16)9-12(13)14/h1,6-7,9H,5,8H2,2-3H3. The smallest absolute Gasteiger partial charge is 0.159 e. The average molecular weight is 280 g/mol. The van der Waals surface area contributed by atoms with Gasteiger partial charge in [0.1, 0.15) is 0 Å². The van der Waals surface area contributed by atoms with E-state index in [9.17, 15) is 4.79 Å². The number of Topliss-reactive ketones (excluding diaryl/α,β-unsaturated/α-hetero) is 1. The molecule has 0 saturated heterocycles. The van der Waals surface area contributed by atoms with E-state index in [-0.39, 0.29) is 5.78 Å². The van der Waals surface area contributed by atoms with Crippen LogP contribution >= 0.6 is 15.9 Å². The third-order valence-electron chi connectivity index (χ3n) is 2.36. The highest BCUT2D eigenvalue weighted by atomic mass is 79.9. The van der Waals surface area contributed by atoms with Gasteiger partial charge in [-0.2, -0.15) is 0 Å². The van der Waals surface area contributed by atoms with E-state index in [1.54, 1.807) is 6.92 Å². The summed E-state index contributed by atoms with van der Waals surface area (Å²) in [6, 6.07) is 5.57. The van der Waals surface area contributed by atoms with Gasteiger partial charge in [-0.3, -0.25) is 4.79 Å². The van der Waals surface area contributed by atoms with E-state index in [0.29, 0.717) is 12.1 Å². The summed E-state index contributed by atoms with van der Waals surface area (Å²) < 4.78 is 0.900. The zero-order chi connectivity index (χ0) is 12.1. The van der Waals surface area contributed by atoms with Gasteiger partial charge in [0.25, 0.3) is 0 Å². The number of nitrogens with zero attached hydrogens (tertiary/aromatic N) is 1. The molecule has 84 valence electrons. The predicted octanol–water partition coefficient (Wildman–Crippen LogP) is 3.11. The Hall–Kier alpha value is -1.27. The molecule has 0 atom stereocenters. The number of carbonyl (C=O) groups excluding carboxylic acids is 1. The first kappa shape index (κ1) is 12.8. The minimum atomic E-state index is 0.0623. The van der Waals surface area contributed by atoms with Crippen LogP contribution in [-0.2, 0) is 0 Å². The fourth-order valence-electron chi connectivity index (χ4n) is 1.46. The van der Waals surface area contributed by atoms with Gasteiger partial charge < -0.3 is 4.90 Å². The van der Waals surface area contributed by atoms with E-state index in [0.717, 1.165) is 16.7 Å². The van der Waals surface area contributed by atoms with Crippen molar-refractivity contribution >= 4 is 27.4 Å². The number of carbonyl (C=O) groups is 1. The van der Waals surface area contributed by atoms with Crippen molar-refractivity contribution in [2.45, 2.75) is 13.8 Å². The molecule has 0 N–H and O–H groups in total. The van der Waals surface area contributed by atoms with E-state index in [4.69, 9.17) is 6.42 Å². The van der Waals surface area contributed by atoms with Crippen molar-refractivity contribution in [3.63, 3.8) is 0 Å². The zero-order valence-electron chi connectivity index (χ0n) is 9.46. The lowest BCUT2D eigenvalue weighted by Gasteiger charge is -2.22. The number of benzene rings is 1. The highest BCUT2D eigenvalue weighted by molar-refractivity contribution is 9.10. The highest BCUT2D eigenvalue weighted by Gasteiger charge is 2.09. The van der Waals surface area contributed by atoms with Gasteiger partial charge in [-0.15, -0.1) is 6.42 Å². The van der Waals surface area contributed by atoms with Crippen LogP contribution in [0.3, 0.4) is 0 Å². The fraction of sp³-hybridized carbons (Fsp3) is 0.308. The van der Waals surface area contributed by atoms with E-state index in [2.05, 4.69) is 26.8 Å². The summed E-state index contributed by atoms with van der Waals surface area (Å²) in [5.74, 6) is 2.68. The lowest BCUT2D eigenvalue weighted by molar-refractivity contribution is 0.101. The second-order valence-corrected chi connectivity index (χ2v) is 4.30. The van der Waals surface area contributed by atoms with Crippen molar-refractivity contribution in [1.82, 2.24) is 0 Å². The lowest BCUT2D eigenvalue weighted by atomic mass is 10.1. The van der Waals surface area contributed by atoms with Crippen molar-refractivity contribution < 1.29 is 4.79 Å². The Kier molecular flexibility index (Phi) is 4.57. The van der Waals surface area contributed by atoms with E-state index < -0.39 is 0 Å². The van der Waals surface area contributed by atoms with E-state index >= 15 is 0 Å². The van der Waals surface area contributed by atoms with E-state index in [1.807, 2.05) is 25.1 Å². The van der Waals surface area contributed by atoms with Crippen LogP contribution in [0.5, 0.6) is 0 Å². The van der Waals surface area contributed by atoms with Gasteiger partial charge in [0.2, 0.25) is 0 Å². The molecule has 0 aliphatic heterocycles. The first-order chi connectivity index (χ1) is 7.60. The van der Waals surface area contributed by atoms with Gasteiger partial charge in [-0.1, -0.05) is 5.92 Å². The van der Waals surface area contributed by atoms with Crippen LogP contribution < -0.4 is 4.90 Å². The maximum absolute atomic E-state index is 11.2. The summed E-state index contributed by atoms with van der Waals surface area (Å²) in [4.78, 5) is 13.3. The molecule has 0 spiro atoms. The van der Waals surface area contributed by atoms with E-state index in [1.165, 1.54) is 0 Å². The number of hydrogen-bond donors (Lipinski definition) is 0. The van der Waals surface area contributed by atoms with Crippen molar-refractivity contribution in [2.24, 2.45) is 0 Å². The highest BCUT2D eigenvalue weighted by Crippen LogP contribution is 2.27.